The van der Waals surface area contributed by atoms with Crippen LogP contribution in [0.25, 0.3) is 0 Å². The Bertz CT molecular complexity index is 536. The van der Waals surface area contributed by atoms with Crippen molar-refractivity contribution in [2.75, 3.05) is 0 Å². The molecule has 1 heterocycles. The zero-order valence-corrected chi connectivity index (χ0v) is 13.2. The van der Waals surface area contributed by atoms with Gasteiger partial charge >= 0.3 is 0 Å². The summed E-state index contributed by atoms with van der Waals surface area (Å²) in [6, 6.07) is 6.75. The van der Waals surface area contributed by atoms with E-state index < -0.39 is 0 Å². The normalized spacial score (nSPS) is 12.7. The van der Waals surface area contributed by atoms with E-state index >= 15 is 0 Å². The Morgan fingerprint density at radius 3 is 2.78 bits per heavy atom. The molecule has 0 radical (unpaired) electrons. The molecule has 0 amide bonds. The van der Waals surface area contributed by atoms with Gasteiger partial charge in [0, 0.05) is 22.1 Å². The summed E-state index contributed by atoms with van der Waals surface area (Å²) >= 11 is 5.28. The smallest absolute Gasteiger partial charge is 0.109 e. The van der Waals surface area contributed by atoms with Crippen LogP contribution < -0.4 is 5.32 Å². The second-order valence-corrected chi connectivity index (χ2v) is 6.62. The molecule has 1 aromatic heterocycles. The van der Waals surface area contributed by atoms with E-state index in [9.17, 15) is 0 Å². The molecule has 0 aliphatic heterocycles. The monoisotopic (exact) mass is 324 g/mol. The molecule has 0 aliphatic rings. The first-order valence-electron chi connectivity index (χ1n) is 5.97. The molecular weight excluding hydrogens is 308 g/mol. The lowest BCUT2D eigenvalue weighted by Gasteiger charge is -2.11. The molecule has 0 saturated heterocycles. The molecule has 4 heteroatoms. The fourth-order valence-electron chi connectivity index (χ4n) is 1.75. The van der Waals surface area contributed by atoms with Gasteiger partial charge in [-0.2, -0.15) is 0 Å². The molecule has 0 aliphatic carbocycles. The molecule has 18 heavy (non-hydrogen) atoms. The zero-order chi connectivity index (χ0) is 13.1. The van der Waals surface area contributed by atoms with Crippen LogP contribution in [0, 0.1) is 13.8 Å². The standard InChI is InChI=1S/C14H17BrN2S/c1-9-6-12(4-5-13(9)15)8-16-11(3)14-17-7-10(2)18-14/h4-7,11,16H,8H2,1-3H3. The van der Waals surface area contributed by atoms with E-state index in [1.807, 2.05) is 6.20 Å². The Morgan fingerprint density at radius 2 is 2.17 bits per heavy atom. The van der Waals surface area contributed by atoms with E-state index in [2.05, 4.69) is 65.2 Å². The van der Waals surface area contributed by atoms with Crippen LogP contribution in [0.4, 0.5) is 0 Å². The molecule has 1 unspecified atom stereocenters. The first-order chi connectivity index (χ1) is 8.56. The van der Waals surface area contributed by atoms with Crippen molar-refractivity contribution in [1.82, 2.24) is 10.3 Å². The average Bonchev–Trinajstić information content (AvgIpc) is 2.77. The topological polar surface area (TPSA) is 24.9 Å². The van der Waals surface area contributed by atoms with Crippen LogP contribution in [0.3, 0.4) is 0 Å². The lowest BCUT2D eigenvalue weighted by Crippen LogP contribution is -2.17. The van der Waals surface area contributed by atoms with Crippen molar-refractivity contribution in [3.05, 3.63) is 49.9 Å². The van der Waals surface area contributed by atoms with Crippen molar-refractivity contribution in [1.29, 1.82) is 0 Å². The molecule has 1 aromatic carbocycles. The van der Waals surface area contributed by atoms with E-state index in [4.69, 9.17) is 0 Å². The minimum absolute atomic E-state index is 0.299. The Kier molecular flexibility index (Phi) is 4.54. The van der Waals surface area contributed by atoms with Crippen LogP contribution in [0.1, 0.15) is 34.0 Å². The quantitative estimate of drug-likeness (QED) is 0.903. The molecule has 96 valence electrons. The zero-order valence-electron chi connectivity index (χ0n) is 10.8. The van der Waals surface area contributed by atoms with Crippen LogP contribution >= 0.6 is 27.3 Å². The predicted octanol–water partition coefficient (Wildman–Crippen LogP) is 4.37. The van der Waals surface area contributed by atoms with Gasteiger partial charge in [-0.25, -0.2) is 4.98 Å². The van der Waals surface area contributed by atoms with Gasteiger partial charge in [-0.3, -0.25) is 0 Å². The number of aromatic nitrogens is 1. The first kappa shape index (κ1) is 13.7. The summed E-state index contributed by atoms with van der Waals surface area (Å²) in [5, 5.41) is 4.66. The third kappa shape index (κ3) is 3.40. The number of benzene rings is 1. The van der Waals surface area contributed by atoms with Gasteiger partial charge in [-0.05, 0) is 38.0 Å². The van der Waals surface area contributed by atoms with Crippen LogP contribution in [0.5, 0.6) is 0 Å². The summed E-state index contributed by atoms with van der Waals surface area (Å²) < 4.78 is 1.16. The highest BCUT2D eigenvalue weighted by atomic mass is 79.9. The maximum absolute atomic E-state index is 4.41. The average molecular weight is 325 g/mol. The van der Waals surface area contributed by atoms with Gasteiger partial charge in [0.15, 0.2) is 0 Å². The lowest BCUT2D eigenvalue weighted by atomic mass is 10.1. The predicted molar refractivity (Wildman–Crippen MR) is 81.0 cm³/mol. The lowest BCUT2D eigenvalue weighted by molar-refractivity contribution is 0.571. The Morgan fingerprint density at radius 1 is 1.39 bits per heavy atom. The van der Waals surface area contributed by atoms with Crippen molar-refractivity contribution in [2.24, 2.45) is 0 Å². The molecule has 2 rings (SSSR count). The third-order valence-corrected chi connectivity index (χ3v) is 4.83. The SMILES string of the molecule is Cc1cnc(C(C)NCc2ccc(Br)c(C)c2)s1. The summed E-state index contributed by atoms with van der Waals surface area (Å²) in [7, 11) is 0. The second kappa shape index (κ2) is 5.95. The second-order valence-electron chi connectivity index (χ2n) is 4.50. The van der Waals surface area contributed by atoms with E-state index in [0.29, 0.717) is 6.04 Å². The minimum Gasteiger partial charge on any atom is -0.304 e. The number of rotatable bonds is 4. The number of hydrogen-bond acceptors (Lipinski definition) is 3. The summed E-state index contributed by atoms with van der Waals surface area (Å²) in [5.74, 6) is 0. The maximum atomic E-state index is 4.41. The molecule has 0 saturated carbocycles. The van der Waals surface area contributed by atoms with Gasteiger partial charge in [-0.1, -0.05) is 28.1 Å². The number of halogens is 1. The van der Waals surface area contributed by atoms with E-state index in [0.717, 1.165) is 16.0 Å². The molecule has 1 atom stereocenters. The molecule has 1 N–H and O–H groups in total. The highest BCUT2D eigenvalue weighted by molar-refractivity contribution is 9.10. The van der Waals surface area contributed by atoms with E-state index in [1.54, 1.807) is 11.3 Å². The van der Waals surface area contributed by atoms with Crippen LogP contribution in [-0.4, -0.2) is 4.98 Å². The molecule has 2 aromatic rings. The van der Waals surface area contributed by atoms with Gasteiger partial charge in [0.1, 0.15) is 5.01 Å². The van der Waals surface area contributed by atoms with Crippen molar-refractivity contribution in [2.45, 2.75) is 33.4 Å². The number of aryl methyl sites for hydroxylation is 2. The molecule has 2 nitrogen and oxygen atoms in total. The summed E-state index contributed by atoms with van der Waals surface area (Å²) in [6.45, 7) is 7.23. The molecule has 0 bridgehead atoms. The number of nitrogens with zero attached hydrogens (tertiary/aromatic N) is 1. The number of thiazole rings is 1. The summed E-state index contributed by atoms with van der Waals surface area (Å²) in [5.41, 5.74) is 2.57. The number of hydrogen-bond donors (Lipinski definition) is 1. The fourth-order valence-corrected chi connectivity index (χ4v) is 2.79. The van der Waals surface area contributed by atoms with Gasteiger partial charge in [0.25, 0.3) is 0 Å². The van der Waals surface area contributed by atoms with E-state index in [-0.39, 0.29) is 0 Å². The summed E-state index contributed by atoms with van der Waals surface area (Å²) in [4.78, 5) is 5.67. The first-order valence-corrected chi connectivity index (χ1v) is 7.58. The molecule has 0 fully saturated rings. The minimum atomic E-state index is 0.299. The van der Waals surface area contributed by atoms with Gasteiger partial charge in [-0.15, -0.1) is 11.3 Å². The molecule has 0 spiro atoms. The van der Waals surface area contributed by atoms with Crippen molar-refractivity contribution < 1.29 is 0 Å². The van der Waals surface area contributed by atoms with Crippen molar-refractivity contribution >= 4 is 27.3 Å². The van der Waals surface area contributed by atoms with Crippen molar-refractivity contribution in [3.8, 4) is 0 Å². The fraction of sp³-hybridized carbons (Fsp3) is 0.357. The molecular formula is C14H17BrN2S. The largest absolute Gasteiger partial charge is 0.304 e. The summed E-state index contributed by atoms with van der Waals surface area (Å²) in [6.07, 6.45) is 1.93. The Balaban J connectivity index is 1.97. The third-order valence-electron chi connectivity index (χ3n) is 2.84. The Labute approximate surface area is 121 Å². The maximum Gasteiger partial charge on any atom is 0.109 e. The van der Waals surface area contributed by atoms with E-state index in [1.165, 1.54) is 16.0 Å². The van der Waals surface area contributed by atoms with Gasteiger partial charge < -0.3 is 5.32 Å². The highest BCUT2D eigenvalue weighted by Crippen LogP contribution is 2.20. The van der Waals surface area contributed by atoms with Crippen molar-refractivity contribution in [3.63, 3.8) is 0 Å². The van der Waals surface area contributed by atoms with Crippen LogP contribution in [-0.2, 0) is 6.54 Å². The van der Waals surface area contributed by atoms with Crippen LogP contribution in [0.15, 0.2) is 28.9 Å². The van der Waals surface area contributed by atoms with Gasteiger partial charge in [0.2, 0.25) is 0 Å². The number of nitrogens with one attached hydrogen (secondary N) is 1. The Hall–Kier alpha value is -0.710. The van der Waals surface area contributed by atoms with Gasteiger partial charge in [0.05, 0.1) is 6.04 Å². The highest BCUT2D eigenvalue weighted by Gasteiger charge is 2.08. The van der Waals surface area contributed by atoms with Crippen LogP contribution in [0.2, 0.25) is 0 Å².